The van der Waals surface area contributed by atoms with Crippen molar-refractivity contribution in [2.24, 2.45) is 0 Å². The number of ether oxygens (including phenoxy) is 4. The van der Waals surface area contributed by atoms with E-state index < -0.39 is 15.6 Å². The van der Waals surface area contributed by atoms with Crippen LogP contribution in [0.15, 0.2) is 59.5 Å². The monoisotopic (exact) mass is 592 g/mol. The minimum Gasteiger partial charge on any atom is -0.491 e. The molecule has 0 unspecified atom stereocenters. The number of methoxy groups -OCH3 is 2. The third-order valence-corrected chi connectivity index (χ3v) is 8.39. The van der Waals surface area contributed by atoms with Gasteiger partial charge in [0.05, 0.1) is 30.9 Å². The van der Waals surface area contributed by atoms with E-state index in [2.05, 4.69) is 5.10 Å². The van der Waals surface area contributed by atoms with Crippen molar-refractivity contribution in [1.82, 2.24) is 14.1 Å². The van der Waals surface area contributed by atoms with Gasteiger partial charge >= 0.3 is 5.56 Å². The van der Waals surface area contributed by atoms with Crippen molar-refractivity contribution >= 4 is 27.3 Å². The Labute approximate surface area is 238 Å². The van der Waals surface area contributed by atoms with E-state index in [1.54, 1.807) is 68.9 Å². The molecule has 1 saturated heterocycles. The molecule has 13 heteroatoms. The van der Waals surface area contributed by atoms with Crippen molar-refractivity contribution in [1.29, 1.82) is 0 Å². The van der Waals surface area contributed by atoms with Crippen molar-refractivity contribution in [3.63, 3.8) is 0 Å². The Kier molecular flexibility index (Phi) is 10.4. The molecule has 1 aliphatic rings. The highest BCUT2D eigenvalue weighted by atomic mass is 35.5. The first-order valence-corrected chi connectivity index (χ1v) is 14.7. The van der Waals surface area contributed by atoms with Gasteiger partial charge in [0.15, 0.2) is 0 Å². The van der Waals surface area contributed by atoms with Crippen LogP contribution >= 0.6 is 11.6 Å². The van der Waals surface area contributed by atoms with Crippen LogP contribution in [-0.4, -0.2) is 89.3 Å². The number of anilines is 1. The SMILES string of the molecule is COCCOc1ccc(CS(=O)(=O)N2CCN(c3cnn(-c4cccc(Cl)c4)c(=O)c3OCCOC)CC2)cc1. The quantitative estimate of drug-likeness (QED) is 0.276. The highest BCUT2D eigenvalue weighted by molar-refractivity contribution is 7.88. The second-order valence-corrected chi connectivity index (χ2v) is 11.4. The van der Waals surface area contributed by atoms with Crippen LogP contribution in [0.3, 0.4) is 0 Å². The molecule has 4 rings (SSSR count). The smallest absolute Gasteiger partial charge is 0.316 e. The van der Waals surface area contributed by atoms with Gasteiger partial charge in [-0.1, -0.05) is 29.8 Å². The first-order chi connectivity index (χ1) is 19.3. The fourth-order valence-electron chi connectivity index (χ4n) is 4.24. The third kappa shape index (κ3) is 7.52. The Morgan fingerprint density at radius 1 is 0.900 bits per heavy atom. The molecule has 0 radical (unpaired) electrons. The van der Waals surface area contributed by atoms with Crippen molar-refractivity contribution in [3.8, 4) is 17.2 Å². The summed E-state index contributed by atoms with van der Waals surface area (Å²) in [6.45, 7) is 2.62. The first kappa shape index (κ1) is 29.8. The zero-order valence-corrected chi connectivity index (χ0v) is 24.1. The number of hydrogen-bond donors (Lipinski definition) is 0. The van der Waals surface area contributed by atoms with Crippen molar-refractivity contribution in [2.75, 3.05) is 71.7 Å². The van der Waals surface area contributed by atoms with E-state index in [1.165, 1.54) is 8.99 Å². The zero-order valence-electron chi connectivity index (χ0n) is 22.5. The summed E-state index contributed by atoms with van der Waals surface area (Å²) >= 11 is 6.11. The summed E-state index contributed by atoms with van der Waals surface area (Å²) in [4.78, 5) is 15.3. The van der Waals surface area contributed by atoms with Crippen LogP contribution < -0.4 is 19.9 Å². The lowest BCUT2D eigenvalue weighted by Crippen LogP contribution is -2.49. The number of benzene rings is 2. The minimum atomic E-state index is -3.55. The van der Waals surface area contributed by atoms with E-state index in [9.17, 15) is 13.2 Å². The van der Waals surface area contributed by atoms with Gasteiger partial charge in [0.2, 0.25) is 15.8 Å². The van der Waals surface area contributed by atoms with Gasteiger partial charge in [-0.25, -0.2) is 8.42 Å². The Morgan fingerprint density at radius 2 is 1.57 bits per heavy atom. The molecular weight excluding hydrogens is 560 g/mol. The first-order valence-electron chi connectivity index (χ1n) is 12.8. The van der Waals surface area contributed by atoms with E-state index in [4.69, 9.17) is 30.5 Å². The molecule has 0 N–H and O–H groups in total. The lowest BCUT2D eigenvalue weighted by atomic mass is 10.2. The van der Waals surface area contributed by atoms with Crippen molar-refractivity contribution in [3.05, 3.63) is 75.7 Å². The number of sulfonamides is 1. The topological polar surface area (TPSA) is 112 Å². The van der Waals surface area contributed by atoms with Gasteiger partial charge in [0, 0.05) is 45.4 Å². The molecular formula is C27H33ClN4O7S. The molecule has 40 heavy (non-hydrogen) atoms. The Balaban J connectivity index is 1.46. The highest BCUT2D eigenvalue weighted by Gasteiger charge is 2.29. The Hall–Kier alpha value is -3.16. The van der Waals surface area contributed by atoms with Gasteiger partial charge < -0.3 is 23.8 Å². The van der Waals surface area contributed by atoms with Crippen LogP contribution in [0.25, 0.3) is 5.69 Å². The molecule has 0 amide bonds. The van der Waals surface area contributed by atoms with Gasteiger partial charge in [-0.2, -0.15) is 14.1 Å². The van der Waals surface area contributed by atoms with Gasteiger partial charge in [-0.3, -0.25) is 4.79 Å². The van der Waals surface area contributed by atoms with Crippen molar-refractivity contribution < 1.29 is 27.4 Å². The van der Waals surface area contributed by atoms with E-state index >= 15 is 0 Å². The predicted octanol–water partition coefficient (Wildman–Crippen LogP) is 2.59. The molecule has 1 fully saturated rings. The van der Waals surface area contributed by atoms with Gasteiger partial charge in [-0.05, 0) is 35.9 Å². The Morgan fingerprint density at radius 3 is 2.23 bits per heavy atom. The summed E-state index contributed by atoms with van der Waals surface area (Å²) in [5, 5.41) is 4.82. The summed E-state index contributed by atoms with van der Waals surface area (Å²) in [6, 6.07) is 13.8. The average molecular weight is 593 g/mol. The molecule has 0 atom stereocenters. The molecule has 1 aliphatic heterocycles. The highest BCUT2D eigenvalue weighted by Crippen LogP contribution is 2.27. The van der Waals surface area contributed by atoms with Gasteiger partial charge in [0.25, 0.3) is 0 Å². The molecule has 3 aromatic rings. The second-order valence-electron chi connectivity index (χ2n) is 9.02. The fourth-order valence-corrected chi connectivity index (χ4v) is 5.94. The normalized spacial score (nSPS) is 14.3. The molecule has 216 valence electrons. The molecule has 2 aromatic carbocycles. The lowest BCUT2D eigenvalue weighted by molar-refractivity contribution is 0.145. The molecule has 0 aliphatic carbocycles. The second kappa shape index (κ2) is 14.0. The van der Waals surface area contributed by atoms with E-state index in [-0.39, 0.29) is 31.2 Å². The number of piperazine rings is 1. The van der Waals surface area contributed by atoms with Crippen molar-refractivity contribution in [2.45, 2.75) is 5.75 Å². The largest absolute Gasteiger partial charge is 0.491 e. The molecule has 0 bridgehead atoms. The van der Waals surface area contributed by atoms with E-state index in [0.717, 1.165) is 0 Å². The molecule has 0 saturated carbocycles. The number of rotatable bonds is 13. The molecule has 1 aromatic heterocycles. The summed E-state index contributed by atoms with van der Waals surface area (Å²) in [6.07, 6.45) is 1.56. The van der Waals surface area contributed by atoms with Gasteiger partial charge in [0.1, 0.15) is 24.7 Å². The number of nitrogens with zero attached hydrogens (tertiary/aromatic N) is 4. The van der Waals surface area contributed by atoms with Crippen LogP contribution in [0, 0.1) is 0 Å². The predicted molar refractivity (Wildman–Crippen MR) is 152 cm³/mol. The molecule has 2 heterocycles. The summed E-state index contributed by atoms with van der Waals surface area (Å²) < 4.78 is 50.5. The fraction of sp³-hybridized carbons (Fsp3) is 0.407. The summed E-state index contributed by atoms with van der Waals surface area (Å²) in [5.74, 6) is 0.658. The third-order valence-electron chi connectivity index (χ3n) is 6.30. The maximum absolute atomic E-state index is 13.4. The maximum Gasteiger partial charge on any atom is 0.316 e. The standard InChI is InChI=1S/C27H33ClN4O7S/c1-36-14-16-38-24-8-6-21(7-9-24)20-40(34,35)31-12-10-30(11-13-31)25-19-29-32(23-5-3-4-22(28)18-23)27(33)26(25)39-17-15-37-2/h3-9,18-19H,10-17,20H2,1-2H3. The molecule has 0 spiro atoms. The Bertz CT molecular complexity index is 1430. The minimum absolute atomic E-state index is 0.117. The number of aromatic nitrogens is 2. The van der Waals surface area contributed by atoms with E-state index in [0.29, 0.717) is 60.6 Å². The van der Waals surface area contributed by atoms with Crippen LogP contribution in [0.5, 0.6) is 11.5 Å². The van der Waals surface area contributed by atoms with Gasteiger partial charge in [-0.15, -0.1) is 0 Å². The summed E-state index contributed by atoms with van der Waals surface area (Å²) in [5.41, 5.74) is 1.23. The average Bonchev–Trinajstić information content (AvgIpc) is 2.95. The van der Waals surface area contributed by atoms with E-state index in [1.807, 2.05) is 4.90 Å². The van der Waals surface area contributed by atoms with Crippen LogP contribution in [0.1, 0.15) is 5.56 Å². The molecule has 11 nitrogen and oxygen atoms in total. The zero-order chi connectivity index (χ0) is 28.5. The maximum atomic E-state index is 13.4. The van der Waals surface area contributed by atoms with Crippen LogP contribution in [-0.2, 0) is 25.2 Å². The summed E-state index contributed by atoms with van der Waals surface area (Å²) in [7, 11) is -0.407. The van der Waals surface area contributed by atoms with Crippen LogP contribution in [0.2, 0.25) is 5.02 Å². The lowest BCUT2D eigenvalue weighted by Gasteiger charge is -2.35. The number of halogens is 1. The van der Waals surface area contributed by atoms with Crippen LogP contribution in [0.4, 0.5) is 5.69 Å². The number of hydrogen-bond acceptors (Lipinski definition) is 9.